The van der Waals surface area contributed by atoms with Gasteiger partial charge in [-0.05, 0) is 43.1 Å². The predicted molar refractivity (Wildman–Crippen MR) is 57.5 cm³/mol. The predicted octanol–water partition coefficient (Wildman–Crippen LogP) is 2.14. The average Bonchev–Trinajstić information content (AvgIpc) is 2.09. The van der Waals surface area contributed by atoms with Gasteiger partial charge in [-0.2, -0.15) is 0 Å². The monoisotopic (exact) mass is 243 g/mol. The van der Waals surface area contributed by atoms with Crippen LogP contribution >= 0.6 is 15.9 Å². The summed E-state index contributed by atoms with van der Waals surface area (Å²) >= 11 is 3.37. The first-order valence-corrected chi connectivity index (χ1v) is 5.08. The number of hydrogen-bond acceptors (Lipinski definition) is 2. The number of rotatable bonds is 3. The van der Waals surface area contributed by atoms with Gasteiger partial charge in [0.15, 0.2) is 0 Å². The molecule has 0 heterocycles. The Labute approximate surface area is 86.9 Å². The largest absolute Gasteiger partial charge is 0.388 e. The van der Waals surface area contributed by atoms with Crippen LogP contribution in [0.25, 0.3) is 0 Å². The molecule has 0 aliphatic rings. The molecule has 1 unspecified atom stereocenters. The second-order valence-corrected chi connectivity index (χ2v) is 4.01. The van der Waals surface area contributed by atoms with E-state index in [-0.39, 0.29) is 0 Å². The summed E-state index contributed by atoms with van der Waals surface area (Å²) in [5.41, 5.74) is 7.44. The van der Waals surface area contributed by atoms with Gasteiger partial charge in [-0.3, -0.25) is 0 Å². The molecule has 0 aliphatic carbocycles. The summed E-state index contributed by atoms with van der Waals surface area (Å²) in [4.78, 5) is 0. The molecule has 13 heavy (non-hydrogen) atoms. The highest BCUT2D eigenvalue weighted by atomic mass is 79.9. The van der Waals surface area contributed by atoms with Crippen molar-refractivity contribution in [2.75, 3.05) is 6.54 Å². The SMILES string of the molecule is Cc1ccc(Br)cc1C(O)CCN. The molecule has 1 rings (SSSR count). The van der Waals surface area contributed by atoms with Crippen molar-refractivity contribution in [2.24, 2.45) is 5.73 Å². The minimum atomic E-state index is -0.442. The molecule has 0 aromatic heterocycles. The smallest absolute Gasteiger partial charge is 0.0805 e. The van der Waals surface area contributed by atoms with E-state index in [4.69, 9.17) is 5.73 Å². The average molecular weight is 244 g/mol. The van der Waals surface area contributed by atoms with E-state index >= 15 is 0 Å². The molecule has 1 atom stereocenters. The van der Waals surface area contributed by atoms with E-state index in [2.05, 4.69) is 15.9 Å². The quantitative estimate of drug-likeness (QED) is 0.855. The molecule has 72 valence electrons. The molecule has 0 aliphatic heterocycles. The first-order valence-electron chi connectivity index (χ1n) is 4.29. The summed E-state index contributed by atoms with van der Waals surface area (Å²) in [7, 11) is 0. The van der Waals surface area contributed by atoms with E-state index in [0.29, 0.717) is 13.0 Å². The summed E-state index contributed by atoms with van der Waals surface area (Å²) < 4.78 is 0.990. The highest BCUT2D eigenvalue weighted by Gasteiger charge is 2.09. The van der Waals surface area contributed by atoms with Crippen molar-refractivity contribution >= 4 is 15.9 Å². The van der Waals surface area contributed by atoms with Gasteiger partial charge in [-0.25, -0.2) is 0 Å². The third-order valence-corrected chi connectivity index (χ3v) is 2.53. The number of nitrogens with two attached hydrogens (primary N) is 1. The van der Waals surface area contributed by atoms with Gasteiger partial charge in [0, 0.05) is 4.47 Å². The Morgan fingerprint density at radius 2 is 2.23 bits per heavy atom. The lowest BCUT2D eigenvalue weighted by Gasteiger charge is -2.12. The van der Waals surface area contributed by atoms with Crippen LogP contribution in [-0.2, 0) is 0 Å². The van der Waals surface area contributed by atoms with E-state index < -0.39 is 6.10 Å². The maximum atomic E-state index is 9.72. The highest BCUT2D eigenvalue weighted by Crippen LogP contribution is 2.23. The van der Waals surface area contributed by atoms with E-state index in [0.717, 1.165) is 15.6 Å². The molecule has 0 fully saturated rings. The summed E-state index contributed by atoms with van der Waals surface area (Å²) in [6, 6.07) is 5.89. The molecule has 0 amide bonds. The van der Waals surface area contributed by atoms with Crippen molar-refractivity contribution < 1.29 is 5.11 Å². The van der Waals surface area contributed by atoms with Crippen LogP contribution in [0.3, 0.4) is 0 Å². The van der Waals surface area contributed by atoms with Gasteiger partial charge in [0.1, 0.15) is 0 Å². The zero-order chi connectivity index (χ0) is 9.84. The third kappa shape index (κ3) is 2.79. The lowest BCUT2D eigenvalue weighted by molar-refractivity contribution is 0.169. The molecule has 0 saturated carbocycles. The Kier molecular flexibility index (Phi) is 3.90. The summed E-state index contributed by atoms with van der Waals surface area (Å²) in [5.74, 6) is 0. The molecule has 1 aromatic carbocycles. The first kappa shape index (κ1) is 10.7. The van der Waals surface area contributed by atoms with Crippen molar-refractivity contribution in [3.05, 3.63) is 33.8 Å². The summed E-state index contributed by atoms with van der Waals surface area (Å²) in [6.45, 7) is 2.49. The second kappa shape index (κ2) is 4.74. The van der Waals surface area contributed by atoms with Crippen LogP contribution in [0.4, 0.5) is 0 Å². The molecule has 0 saturated heterocycles. The van der Waals surface area contributed by atoms with Crippen LogP contribution < -0.4 is 5.73 Å². The molecule has 0 bridgehead atoms. The van der Waals surface area contributed by atoms with E-state index in [1.54, 1.807) is 0 Å². The maximum absolute atomic E-state index is 9.72. The van der Waals surface area contributed by atoms with Crippen molar-refractivity contribution in [3.8, 4) is 0 Å². The molecule has 0 spiro atoms. The van der Waals surface area contributed by atoms with Gasteiger partial charge >= 0.3 is 0 Å². The molecule has 2 nitrogen and oxygen atoms in total. The molecule has 3 N–H and O–H groups in total. The standard InChI is InChI=1S/C10H14BrNO/c1-7-2-3-8(11)6-9(7)10(13)4-5-12/h2-3,6,10,13H,4-5,12H2,1H3. The van der Waals surface area contributed by atoms with Crippen LogP contribution in [0.2, 0.25) is 0 Å². The fourth-order valence-corrected chi connectivity index (χ4v) is 1.66. The molecule has 3 heteroatoms. The molecule has 0 radical (unpaired) electrons. The Balaban J connectivity index is 2.91. The lowest BCUT2D eigenvalue weighted by Crippen LogP contribution is -2.07. The van der Waals surface area contributed by atoms with Crippen molar-refractivity contribution in [2.45, 2.75) is 19.4 Å². The van der Waals surface area contributed by atoms with Crippen molar-refractivity contribution in [1.29, 1.82) is 0 Å². The second-order valence-electron chi connectivity index (χ2n) is 3.09. The van der Waals surface area contributed by atoms with E-state index in [1.807, 2.05) is 25.1 Å². The Bertz CT molecular complexity index is 288. The maximum Gasteiger partial charge on any atom is 0.0805 e. The van der Waals surface area contributed by atoms with Crippen LogP contribution in [0.5, 0.6) is 0 Å². The lowest BCUT2D eigenvalue weighted by atomic mass is 10.0. The Morgan fingerprint density at radius 3 is 2.85 bits per heavy atom. The number of benzene rings is 1. The van der Waals surface area contributed by atoms with Crippen LogP contribution in [0, 0.1) is 6.92 Å². The third-order valence-electron chi connectivity index (χ3n) is 2.04. The molecule has 1 aromatic rings. The zero-order valence-corrected chi connectivity index (χ0v) is 9.21. The summed E-state index contributed by atoms with van der Waals surface area (Å²) in [6.07, 6.45) is 0.166. The molecular weight excluding hydrogens is 230 g/mol. The minimum absolute atomic E-state index is 0.442. The van der Waals surface area contributed by atoms with Gasteiger partial charge in [0.2, 0.25) is 0 Å². The number of hydrogen-bond donors (Lipinski definition) is 2. The fraction of sp³-hybridized carbons (Fsp3) is 0.400. The first-order chi connectivity index (χ1) is 6.15. The van der Waals surface area contributed by atoms with E-state index in [1.165, 1.54) is 0 Å². The number of aryl methyl sites for hydroxylation is 1. The zero-order valence-electron chi connectivity index (χ0n) is 7.63. The summed E-state index contributed by atoms with van der Waals surface area (Å²) in [5, 5.41) is 9.72. The van der Waals surface area contributed by atoms with Gasteiger partial charge in [0.05, 0.1) is 6.10 Å². The Morgan fingerprint density at radius 1 is 1.54 bits per heavy atom. The minimum Gasteiger partial charge on any atom is -0.388 e. The normalized spacial score (nSPS) is 12.9. The van der Waals surface area contributed by atoms with Crippen LogP contribution in [-0.4, -0.2) is 11.7 Å². The fourth-order valence-electron chi connectivity index (χ4n) is 1.28. The van der Waals surface area contributed by atoms with Gasteiger partial charge in [-0.1, -0.05) is 22.0 Å². The number of aliphatic hydroxyl groups excluding tert-OH is 1. The highest BCUT2D eigenvalue weighted by molar-refractivity contribution is 9.10. The molecular formula is C10H14BrNO. The van der Waals surface area contributed by atoms with Gasteiger partial charge in [0.25, 0.3) is 0 Å². The Hall–Kier alpha value is -0.380. The van der Waals surface area contributed by atoms with Crippen molar-refractivity contribution in [3.63, 3.8) is 0 Å². The van der Waals surface area contributed by atoms with E-state index in [9.17, 15) is 5.11 Å². The number of halogens is 1. The van der Waals surface area contributed by atoms with Crippen molar-refractivity contribution in [1.82, 2.24) is 0 Å². The van der Waals surface area contributed by atoms with Crippen LogP contribution in [0.1, 0.15) is 23.7 Å². The topological polar surface area (TPSA) is 46.2 Å². The van der Waals surface area contributed by atoms with Gasteiger partial charge in [-0.15, -0.1) is 0 Å². The number of aliphatic hydroxyl groups is 1. The van der Waals surface area contributed by atoms with Crippen LogP contribution in [0.15, 0.2) is 22.7 Å². The van der Waals surface area contributed by atoms with Gasteiger partial charge < -0.3 is 10.8 Å².